The molecule has 24 heavy (non-hydrogen) atoms. The quantitative estimate of drug-likeness (QED) is 0.629. The molecule has 0 spiro atoms. The van der Waals surface area contributed by atoms with Crippen LogP contribution in [-0.2, 0) is 23.6 Å². The average molecular weight is 380 g/mol. The minimum absolute atomic E-state index is 0. The van der Waals surface area contributed by atoms with E-state index in [4.69, 9.17) is 0 Å². The number of rotatable bonds is 3. The molecule has 2 aromatic rings. The van der Waals surface area contributed by atoms with Crippen LogP contribution in [0.25, 0.3) is 0 Å². The summed E-state index contributed by atoms with van der Waals surface area (Å²) in [6, 6.07) is 24.4. The zero-order valence-corrected chi connectivity index (χ0v) is 16.2. The Labute approximate surface area is 164 Å². The third kappa shape index (κ3) is 3.99. The van der Waals surface area contributed by atoms with Gasteiger partial charge in [-0.15, -0.1) is 12.4 Å². The van der Waals surface area contributed by atoms with Gasteiger partial charge in [0.05, 0.1) is 0 Å². The van der Waals surface area contributed by atoms with Gasteiger partial charge in [0.1, 0.15) is 0 Å². The monoisotopic (exact) mass is 379 g/mol. The third-order valence-electron chi connectivity index (χ3n) is 6.16. The van der Waals surface area contributed by atoms with Crippen LogP contribution in [0.3, 0.4) is 0 Å². The Morgan fingerprint density at radius 2 is 1.71 bits per heavy atom. The number of nitrogens with one attached hydrogen (secondary N) is 1. The van der Waals surface area contributed by atoms with Crippen LogP contribution in [0.5, 0.6) is 0 Å². The van der Waals surface area contributed by atoms with Crippen LogP contribution in [0, 0.1) is 65.3 Å². The van der Waals surface area contributed by atoms with Gasteiger partial charge in [-0.1, -0.05) is 20.8 Å². The van der Waals surface area contributed by atoms with Crippen LogP contribution in [0.15, 0.2) is 6.07 Å². The van der Waals surface area contributed by atoms with E-state index in [1.807, 2.05) is 0 Å². The number of hydrogen-bond acceptors (Lipinski definition) is 1. The molecule has 0 radical (unpaired) electrons. The Morgan fingerprint density at radius 3 is 2.12 bits per heavy atom. The summed E-state index contributed by atoms with van der Waals surface area (Å²) in [5.74, 6) is 0.899. The van der Waals surface area contributed by atoms with Crippen molar-refractivity contribution in [2.45, 2.75) is 52.6 Å². The van der Waals surface area contributed by atoms with Crippen molar-refractivity contribution in [3.63, 3.8) is 0 Å². The number of halogens is 1. The Kier molecular flexibility index (Phi) is 7.81. The van der Waals surface area contributed by atoms with Gasteiger partial charge >= 0.3 is 0 Å². The van der Waals surface area contributed by atoms with E-state index < -0.39 is 0 Å². The van der Waals surface area contributed by atoms with Gasteiger partial charge in [0.2, 0.25) is 0 Å². The molecule has 0 amide bonds. The van der Waals surface area contributed by atoms with Crippen molar-refractivity contribution in [2.75, 3.05) is 0 Å². The van der Waals surface area contributed by atoms with Crippen molar-refractivity contribution in [3.05, 3.63) is 60.2 Å². The molecule has 2 fully saturated rings. The fraction of sp³-hybridized carbons (Fsp3) is 0.524. The van der Waals surface area contributed by atoms with Crippen LogP contribution in [0.2, 0.25) is 0 Å². The van der Waals surface area contributed by atoms with Gasteiger partial charge in [0.15, 0.2) is 0 Å². The maximum absolute atomic E-state index is 3.71. The average Bonchev–Trinajstić information content (AvgIpc) is 3.26. The van der Waals surface area contributed by atoms with Gasteiger partial charge in [-0.2, -0.15) is 6.54 Å². The molecule has 1 nitrogen and oxygen atoms in total. The molecule has 0 saturated heterocycles. The zero-order valence-electron chi connectivity index (χ0n) is 14.3. The van der Waals surface area contributed by atoms with Gasteiger partial charge in [0, 0.05) is 23.1 Å². The maximum atomic E-state index is 3.71. The molecule has 136 valence electrons. The van der Waals surface area contributed by atoms with Crippen LogP contribution < -0.4 is 5.32 Å². The number of fused-ring (bicyclic) bond motifs is 2. The van der Waals surface area contributed by atoms with Gasteiger partial charge in [-0.3, -0.25) is 0 Å². The fourth-order valence-electron chi connectivity index (χ4n) is 4.25. The van der Waals surface area contributed by atoms with E-state index in [0.29, 0.717) is 16.9 Å². The zero-order chi connectivity index (χ0) is 15.6. The molecule has 2 aliphatic carbocycles. The third-order valence-corrected chi connectivity index (χ3v) is 6.16. The van der Waals surface area contributed by atoms with Crippen LogP contribution in [-0.4, -0.2) is 6.04 Å². The van der Waals surface area contributed by atoms with Crippen LogP contribution in [0.4, 0.5) is 0 Å². The molecule has 3 atom stereocenters. The van der Waals surface area contributed by atoms with Gasteiger partial charge < -0.3 is 65.5 Å². The topological polar surface area (TPSA) is 12.0 Å². The molecule has 3 unspecified atom stereocenters. The van der Waals surface area contributed by atoms with Crippen LogP contribution >= 0.6 is 12.4 Å². The van der Waals surface area contributed by atoms with Crippen molar-refractivity contribution in [1.82, 2.24) is 5.32 Å². The summed E-state index contributed by atoms with van der Waals surface area (Å²) < 4.78 is 0. The molecule has 0 aromatic heterocycles. The van der Waals surface area contributed by atoms with E-state index in [2.05, 4.69) is 74.6 Å². The molecular formula is C21H22ClFeN-10. The normalized spacial score (nSPS) is 29.1. The second-order valence-corrected chi connectivity index (χ2v) is 7.21. The first-order valence-corrected chi connectivity index (χ1v) is 7.98. The predicted octanol–water partition coefficient (Wildman–Crippen LogP) is 3.94. The largest absolute Gasteiger partial charge is 0.999 e. The maximum Gasteiger partial charge on any atom is 0.0103 e. The van der Waals surface area contributed by atoms with E-state index in [-0.39, 0.29) is 29.5 Å². The Bertz CT molecular complexity index is 543. The van der Waals surface area contributed by atoms with E-state index in [1.54, 1.807) is 6.07 Å². The summed E-state index contributed by atoms with van der Waals surface area (Å²) in [7, 11) is 0. The molecule has 0 aliphatic heterocycles. The predicted molar refractivity (Wildman–Crippen MR) is 91.9 cm³/mol. The Hall–Kier alpha value is -0.531. The van der Waals surface area contributed by atoms with E-state index in [1.165, 1.54) is 19.3 Å². The summed E-state index contributed by atoms with van der Waals surface area (Å²) >= 11 is 0. The van der Waals surface area contributed by atoms with Crippen LogP contribution in [0.1, 0.15) is 45.6 Å². The molecule has 1 N–H and O–H groups in total. The van der Waals surface area contributed by atoms with Gasteiger partial charge in [-0.25, -0.2) is 0 Å². The summed E-state index contributed by atoms with van der Waals surface area (Å²) in [6.45, 7) is 8.24. The SMILES string of the molecule is CC1(C)C2CCC1(C)C(NC[c-]1[c-][c-][c-][c-]1)C2.Cl.[Fe].[c-]1[c-][c-][cH-][c-]1. The molecule has 2 aromatic carbocycles. The number of hydrogen-bond donors (Lipinski definition) is 1. The first kappa shape index (κ1) is 21.5. The smallest absolute Gasteiger partial charge is 0.0103 e. The molecule has 4 rings (SSSR count). The minimum atomic E-state index is 0. The van der Waals surface area contributed by atoms with Gasteiger partial charge in [-0.05, 0) is 36.0 Å². The van der Waals surface area contributed by atoms with Gasteiger partial charge in [0.25, 0.3) is 0 Å². The van der Waals surface area contributed by atoms with Crippen molar-refractivity contribution in [3.8, 4) is 0 Å². The standard InChI is InChI=1S/C16H20N.C5H.ClH.Fe/c1-15(2)13-8-9-16(15,3)14(10-13)17-11-12-6-4-5-7-12;1-2-4-5-3-1;;/h13-14,17H,8-11H2,1-3H3;1H;1H;/q2*-5;;. The molecule has 3 heteroatoms. The Balaban J connectivity index is 0.000000357. The first-order chi connectivity index (χ1) is 10.5. The molecule has 2 saturated carbocycles. The van der Waals surface area contributed by atoms with E-state index in [9.17, 15) is 0 Å². The molecule has 2 bridgehead atoms. The summed E-state index contributed by atoms with van der Waals surface area (Å²) in [6.07, 6.45) is 4.12. The molecule has 2 aliphatic rings. The van der Waals surface area contributed by atoms with Crippen molar-refractivity contribution >= 4 is 12.4 Å². The second kappa shape index (κ2) is 8.72. The Morgan fingerprint density at radius 1 is 1.08 bits per heavy atom. The van der Waals surface area contributed by atoms with Crippen molar-refractivity contribution < 1.29 is 17.1 Å². The van der Waals surface area contributed by atoms with Crippen molar-refractivity contribution in [1.29, 1.82) is 0 Å². The van der Waals surface area contributed by atoms with E-state index >= 15 is 0 Å². The minimum Gasteiger partial charge on any atom is -0.999 e. The second-order valence-electron chi connectivity index (χ2n) is 7.21. The van der Waals surface area contributed by atoms with Crippen molar-refractivity contribution in [2.24, 2.45) is 16.7 Å². The fourth-order valence-corrected chi connectivity index (χ4v) is 4.25. The molecule has 0 heterocycles. The molecular weight excluding hydrogens is 358 g/mol. The summed E-state index contributed by atoms with van der Waals surface area (Å²) in [4.78, 5) is 0. The summed E-state index contributed by atoms with van der Waals surface area (Å²) in [5.41, 5.74) is 2.01. The van der Waals surface area contributed by atoms with E-state index in [0.717, 1.165) is 18.0 Å². The first-order valence-electron chi connectivity index (χ1n) is 7.98. The summed E-state index contributed by atoms with van der Waals surface area (Å²) in [5, 5.41) is 3.71.